The lowest BCUT2D eigenvalue weighted by Crippen LogP contribution is -2.44. The van der Waals surface area contributed by atoms with Crippen LogP contribution < -0.4 is 0 Å². The smallest absolute Gasteiger partial charge is 0.410 e. The fraction of sp³-hybridized carbons (Fsp3) is 0.500. The van der Waals surface area contributed by atoms with E-state index in [0.29, 0.717) is 13.0 Å². The molecule has 1 saturated heterocycles. The Morgan fingerprint density at radius 2 is 2.35 bits per heavy atom. The molecule has 1 heterocycles. The van der Waals surface area contributed by atoms with Crippen molar-refractivity contribution in [3.63, 3.8) is 0 Å². The topological polar surface area (TPSA) is 66.8 Å². The van der Waals surface area contributed by atoms with Gasteiger partial charge in [0.25, 0.3) is 0 Å². The predicted molar refractivity (Wildman–Crippen MR) is 60.5 cm³/mol. The Morgan fingerprint density at radius 1 is 1.59 bits per heavy atom. The molecule has 2 rings (SSSR count). The van der Waals surface area contributed by atoms with Crippen LogP contribution >= 0.6 is 0 Å². The van der Waals surface area contributed by atoms with Crippen molar-refractivity contribution in [1.82, 2.24) is 4.90 Å². The van der Waals surface area contributed by atoms with Gasteiger partial charge in [0.1, 0.15) is 6.61 Å². The number of nitrogens with zero attached hydrogens (tertiary/aromatic N) is 1. The predicted octanol–water partition coefficient (Wildman–Crippen LogP) is 1.41. The van der Waals surface area contributed by atoms with Crippen LogP contribution in [0.15, 0.2) is 24.3 Å². The van der Waals surface area contributed by atoms with Crippen LogP contribution in [0.1, 0.15) is 12.8 Å². The Labute approximate surface area is 99.4 Å². The molecule has 1 amide bonds. The molecule has 1 saturated carbocycles. The molecule has 1 aliphatic carbocycles. The summed E-state index contributed by atoms with van der Waals surface area (Å²) in [5, 5.41) is 8.67. The van der Waals surface area contributed by atoms with E-state index in [1.165, 1.54) is 12.2 Å². The molecule has 0 radical (unpaired) electrons. The van der Waals surface area contributed by atoms with Crippen LogP contribution in [0.5, 0.6) is 0 Å². The monoisotopic (exact) mass is 237 g/mol. The van der Waals surface area contributed by atoms with Crippen LogP contribution in [0, 0.1) is 5.92 Å². The molecule has 17 heavy (non-hydrogen) atoms. The first-order valence-electron chi connectivity index (χ1n) is 5.61. The first-order chi connectivity index (χ1) is 8.13. The number of likely N-dealkylation sites (tertiary alicyclic amines) is 1. The van der Waals surface area contributed by atoms with E-state index >= 15 is 0 Å². The van der Waals surface area contributed by atoms with Crippen molar-refractivity contribution >= 4 is 12.1 Å². The minimum atomic E-state index is -0.911. The highest BCUT2D eigenvalue weighted by Crippen LogP contribution is 2.44. The van der Waals surface area contributed by atoms with Crippen LogP contribution in [-0.2, 0) is 9.53 Å². The van der Waals surface area contributed by atoms with Gasteiger partial charge in [-0.1, -0.05) is 18.2 Å². The van der Waals surface area contributed by atoms with Gasteiger partial charge in [0.2, 0.25) is 0 Å². The van der Waals surface area contributed by atoms with Gasteiger partial charge < -0.3 is 14.7 Å². The van der Waals surface area contributed by atoms with Crippen LogP contribution in [0.3, 0.4) is 0 Å². The second-order valence-electron chi connectivity index (χ2n) is 4.28. The summed E-state index contributed by atoms with van der Waals surface area (Å²) in [5.74, 6) is -0.700. The number of rotatable bonds is 3. The minimum Gasteiger partial charge on any atom is -0.478 e. The molecule has 5 heteroatoms. The molecule has 1 aliphatic heterocycles. The first kappa shape index (κ1) is 11.7. The molecule has 1 N–H and O–H groups in total. The molecule has 0 spiro atoms. The van der Waals surface area contributed by atoms with Gasteiger partial charge in [-0.15, -0.1) is 0 Å². The van der Waals surface area contributed by atoms with E-state index in [0.717, 1.165) is 12.0 Å². The van der Waals surface area contributed by atoms with Gasteiger partial charge in [-0.05, 0) is 12.8 Å². The first-order valence-corrected chi connectivity index (χ1v) is 5.61. The second-order valence-corrected chi connectivity index (χ2v) is 4.28. The average molecular weight is 237 g/mol. The van der Waals surface area contributed by atoms with E-state index < -0.39 is 5.97 Å². The summed E-state index contributed by atoms with van der Waals surface area (Å²) in [5.41, 5.74) is 0.932. The standard InChI is InChI=1S/C12H15NO4/c1-2-5-17-12(16)13-4-3-9-8(6-10(9)13)7-11(14)15/h2,7,9-10H,1,3-6H2,(H,14,15)/b8-7-. The number of ether oxygens (including phenoxy) is 1. The van der Waals surface area contributed by atoms with Crippen LogP contribution in [0.25, 0.3) is 0 Å². The Balaban J connectivity index is 1.93. The van der Waals surface area contributed by atoms with E-state index in [4.69, 9.17) is 9.84 Å². The molecular formula is C12H15NO4. The third-order valence-corrected chi connectivity index (χ3v) is 3.33. The molecule has 2 fully saturated rings. The second kappa shape index (κ2) is 4.61. The Kier molecular flexibility index (Phi) is 3.17. The van der Waals surface area contributed by atoms with Crippen molar-refractivity contribution in [2.45, 2.75) is 18.9 Å². The number of carboxylic acid groups (broad SMARTS) is 1. The van der Waals surface area contributed by atoms with E-state index in [2.05, 4.69) is 6.58 Å². The van der Waals surface area contributed by atoms with Crippen molar-refractivity contribution in [3.05, 3.63) is 24.3 Å². The number of hydrogen-bond acceptors (Lipinski definition) is 3. The Hall–Kier alpha value is -1.78. The Morgan fingerprint density at radius 3 is 3.00 bits per heavy atom. The SMILES string of the molecule is C=CCOC(=O)N1CCC2/C(=C\C(=O)O)CC21. The number of fused-ring (bicyclic) bond motifs is 1. The third-order valence-electron chi connectivity index (χ3n) is 3.33. The molecular weight excluding hydrogens is 222 g/mol. The summed E-state index contributed by atoms with van der Waals surface area (Å²) in [7, 11) is 0. The van der Waals surface area contributed by atoms with Crippen LogP contribution in [0.2, 0.25) is 0 Å². The van der Waals surface area contributed by atoms with E-state index in [1.807, 2.05) is 0 Å². The van der Waals surface area contributed by atoms with Crippen molar-refractivity contribution in [3.8, 4) is 0 Å². The zero-order valence-electron chi connectivity index (χ0n) is 9.46. The van der Waals surface area contributed by atoms with Gasteiger partial charge in [-0.25, -0.2) is 9.59 Å². The van der Waals surface area contributed by atoms with Gasteiger partial charge >= 0.3 is 12.1 Å². The summed E-state index contributed by atoms with van der Waals surface area (Å²) in [6, 6.07) is 0.123. The normalized spacial score (nSPS) is 28.5. The maximum Gasteiger partial charge on any atom is 0.410 e. The molecule has 2 aliphatic rings. The number of carboxylic acids is 1. The molecule has 0 aromatic rings. The summed E-state index contributed by atoms with van der Waals surface area (Å²) in [4.78, 5) is 23.9. The number of carbonyl (C=O) groups excluding carboxylic acids is 1. The fourth-order valence-electron chi connectivity index (χ4n) is 2.54. The molecule has 2 atom stereocenters. The quantitative estimate of drug-likeness (QED) is 0.595. The molecule has 0 aromatic heterocycles. The summed E-state index contributed by atoms with van der Waals surface area (Å²) in [6.45, 7) is 4.34. The maximum atomic E-state index is 11.6. The summed E-state index contributed by atoms with van der Waals surface area (Å²) < 4.78 is 4.98. The van der Waals surface area contributed by atoms with E-state index in [1.54, 1.807) is 4.90 Å². The zero-order valence-corrected chi connectivity index (χ0v) is 9.46. The van der Waals surface area contributed by atoms with Gasteiger partial charge in [-0.2, -0.15) is 0 Å². The number of amides is 1. The van der Waals surface area contributed by atoms with Crippen LogP contribution in [-0.4, -0.2) is 41.3 Å². The highest BCUT2D eigenvalue weighted by Gasteiger charge is 2.47. The number of carbonyl (C=O) groups is 2. The fourth-order valence-corrected chi connectivity index (χ4v) is 2.54. The number of aliphatic carboxylic acids is 1. The molecule has 0 bridgehead atoms. The lowest BCUT2D eigenvalue weighted by molar-refractivity contribution is -0.131. The van der Waals surface area contributed by atoms with Crippen molar-refractivity contribution in [2.24, 2.45) is 5.92 Å². The van der Waals surface area contributed by atoms with E-state index in [9.17, 15) is 9.59 Å². The molecule has 2 unspecified atom stereocenters. The van der Waals surface area contributed by atoms with Crippen molar-refractivity contribution in [2.75, 3.05) is 13.2 Å². The van der Waals surface area contributed by atoms with Gasteiger partial charge in [0.05, 0.1) is 0 Å². The van der Waals surface area contributed by atoms with Gasteiger partial charge in [0.15, 0.2) is 0 Å². The molecule has 5 nitrogen and oxygen atoms in total. The Bertz CT molecular complexity index is 388. The third kappa shape index (κ3) is 2.18. The van der Waals surface area contributed by atoms with E-state index in [-0.39, 0.29) is 24.7 Å². The van der Waals surface area contributed by atoms with Crippen LogP contribution in [0.4, 0.5) is 4.79 Å². The average Bonchev–Trinajstić information content (AvgIpc) is 2.60. The highest BCUT2D eigenvalue weighted by molar-refractivity contribution is 5.81. The van der Waals surface area contributed by atoms with Crippen molar-refractivity contribution in [1.29, 1.82) is 0 Å². The number of hydrogen-bond donors (Lipinski definition) is 1. The van der Waals surface area contributed by atoms with Gasteiger partial charge in [0, 0.05) is 24.6 Å². The minimum absolute atomic E-state index is 0.123. The zero-order chi connectivity index (χ0) is 12.4. The van der Waals surface area contributed by atoms with Crippen molar-refractivity contribution < 1.29 is 19.4 Å². The molecule has 92 valence electrons. The van der Waals surface area contributed by atoms with Gasteiger partial charge in [-0.3, -0.25) is 0 Å². The molecule has 0 aromatic carbocycles. The largest absolute Gasteiger partial charge is 0.478 e. The maximum absolute atomic E-state index is 11.6. The summed E-state index contributed by atoms with van der Waals surface area (Å²) >= 11 is 0. The lowest BCUT2D eigenvalue weighted by atomic mass is 9.74. The highest BCUT2D eigenvalue weighted by atomic mass is 16.6. The lowest BCUT2D eigenvalue weighted by Gasteiger charge is -2.37. The summed E-state index contributed by atoms with van der Waals surface area (Å²) in [6.07, 6.45) is 3.95.